The zero-order valence-electron chi connectivity index (χ0n) is 12.9. The Balaban J connectivity index is 1.82. The summed E-state index contributed by atoms with van der Waals surface area (Å²) < 4.78 is 15.3. The van der Waals surface area contributed by atoms with Gasteiger partial charge in [-0.2, -0.15) is 5.10 Å². The summed E-state index contributed by atoms with van der Waals surface area (Å²) in [5.41, 5.74) is 0.450. The van der Waals surface area contributed by atoms with Gasteiger partial charge in [0.2, 0.25) is 0 Å². The zero-order valence-corrected chi connectivity index (χ0v) is 16.0. The highest BCUT2D eigenvalue weighted by atomic mass is 35.5. The van der Waals surface area contributed by atoms with Crippen LogP contribution in [0.5, 0.6) is 0 Å². The molecule has 0 aliphatic rings. The number of halogens is 5. The molecule has 0 aliphatic heterocycles. The number of nitrogens with one attached hydrogen (secondary N) is 1. The Morgan fingerprint density at radius 2 is 1.73 bits per heavy atom. The average Bonchev–Trinajstić information content (AvgIpc) is 2.93. The van der Waals surface area contributed by atoms with Crippen LogP contribution in [0, 0.1) is 5.82 Å². The number of aromatic nitrogens is 2. The second kappa shape index (κ2) is 7.84. The first-order valence-electron chi connectivity index (χ1n) is 7.28. The minimum Gasteiger partial charge on any atom is -0.304 e. The van der Waals surface area contributed by atoms with Crippen molar-refractivity contribution in [2.24, 2.45) is 0 Å². The molecule has 1 aromatic heterocycles. The molecular formula is C17H10Cl4FN3O. The van der Waals surface area contributed by atoms with Crippen LogP contribution in [0.1, 0.15) is 15.9 Å². The van der Waals surface area contributed by atoms with Crippen molar-refractivity contribution >= 4 is 58.1 Å². The molecule has 0 saturated carbocycles. The summed E-state index contributed by atoms with van der Waals surface area (Å²) in [7, 11) is 0. The van der Waals surface area contributed by atoms with Gasteiger partial charge in [0.1, 0.15) is 10.8 Å². The smallest absolute Gasteiger partial charge is 0.258 e. The van der Waals surface area contributed by atoms with E-state index >= 15 is 0 Å². The third-order valence-electron chi connectivity index (χ3n) is 3.53. The molecule has 3 aromatic rings. The van der Waals surface area contributed by atoms with Crippen molar-refractivity contribution in [3.05, 3.63) is 79.6 Å². The van der Waals surface area contributed by atoms with Gasteiger partial charge in [-0.3, -0.25) is 9.48 Å². The molecule has 2 aromatic carbocycles. The van der Waals surface area contributed by atoms with Gasteiger partial charge in [-0.15, -0.1) is 0 Å². The minimum absolute atomic E-state index is 0.0546. The van der Waals surface area contributed by atoms with Crippen molar-refractivity contribution in [2.45, 2.75) is 6.54 Å². The van der Waals surface area contributed by atoms with E-state index < -0.39 is 11.7 Å². The van der Waals surface area contributed by atoms with E-state index in [0.717, 1.165) is 0 Å². The van der Waals surface area contributed by atoms with Crippen LogP contribution in [0.4, 0.5) is 10.2 Å². The topological polar surface area (TPSA) is 46.9 Å². The predicted molar refractivity (Wildman–Crippen MR) is 102 cm³/mol. The first-order chi connectivity index (χ1) is 12.4. The number of hydrogen-bond acceptors (Lipinski definition) is 2. The molecule has 0 fully saturated rings. The molecule has 0 unspecified atom stereocenters. The Bertz CT molecular complexity index is 970. The van der Waals surface area contributed by atoms with Gasteiger partial charge in [0.05, 0.1) is 22.2 Å². The molecule has 1 N–H and O–H groups in total. The van der Waals surface area contributed by atoms with Gasteiger partial charge in [0.15, 0.2) is 5.82 Å². The van der Waals surface area contributed by atoms with E-state index in [1.165, 1.54) is 29.1 Å². The molecule has 0 saturated heterocycles. The maximum atomic E-state index is 13.9. The SMILES string of the molecule is O=C(Nc1nn(Cc2c(F)cccc2Cl)cc1Cl)c1cccc(Cl)c1Cl. The van der Waals surface area contributed by atoms with E-state index in [0.29, 0.717) is 0 Å². The average molecular weight is 433 g/mol. The van der Waals surface area contributed by atoms with E-state index in [1.54, 1.807) is 18.2 Å². The van der Waals surface area contributed by atoms with Crippen molar-refractivity contribution in [1.82, 2.24) is 9.78 Å². The molecule has 0 aliphatic carbocycles. The van der Waals surface area contributed by atoms with Crippen molar-refractivity contribution in [2.75, 3.05) is 5.32 Å². The fraction of sp³-hybridized carbons (Fsp3) is 0.0588. The number of nitrogens with zero attached hydrogens (tertiary/aromatic N) is 2. The summed E-state index contributed by atoms with van der Waals surface area (Å²) in [6.07, 6.45) is 1.46. The van der Waals surface area contributed by atoms with Crippen LogP contribution in [0.25, 0.3) is 0 Å². The lowest BCUT2D eigenvalue weighted by Gasteiger charge is -2.07. The lowest BCUT2D eigenvalue weighted by molar-refractivity contribution is 0.102. The zero-order chi connectivity index (χ0) is 18.8. The lowest BCUT2D eigenvalue weighted by atomic mass is 10.2. The summed E-state index contributed by atoms with van der Waals surface area (Å²) in [5, 5.41) is 7.55. The molecule has 3 rings (SSSR count). The van der Waals surface area contributed by atoms with Gasteiger partial charge in [-0.1, -0.05) is 58.5 Å². The highest BCUT2D eigenvalue weighted by molar-refractivity contribution is 6.44. The monoisotopic (exact) mass is 431 g/mol. The van der Waals surface area contributed by atoms with Gasteiger partial charge >= 0.3 is 0 Å². The first kappa shape index (κ1) is 19.0. The minimum atomic E-state index is -0.520. The third kappa shape index (κ3) is 3.96. The Labute approximate surface area is 168 Å². The van der Waals surface area contributed by atoms with Crippen molar-refractivity contribution < 1.29 is 9.18 Å². The van der Waals surface area contributed by atoms with Crippen molar-refractivity contribution in [3.63, 3.8) is 0 Å². The summed E-state index contributed by atoms with van der Waals surface area (Å²) in [6.45, 7) is 0.0546. The summed E-state index contributed by atoms with van der Waals surface area (Å²) in [6, 6.07) is 9.08. The van der Waals surface area contributed by atoms with E-state index in [4.69, 9.17) is 46.4 Å². The number of benzene rings is 2. The Kier molecular flexibility index (Phi) is 5.73. The van der Waals surface area contributed by atoms with Crippen molar-refractivity contribution in [1.29, 1.82) is 0 Å². The second-order valence-corrected chi connectivity index (χ2v) is 6.88. The molecular weight excluding hydrogens is 423 g/mol. The van der Waals surface area contributed by atoms with Crippen LogP contribution in [0.15, 0.2) is 42.6 Å². The van der Waals surface area contributed by atoms with Crippen LogP contribution in [0.2, 0.25) is 20.1 Å². The van der Waals surface area contributed by atoms with Crippen LogP contribution < -0.4 is 5.32 Å². The normalized spacial score (nSPS) is 10.8. The summed E-state index contributed by atoms with van der Waals surface area (Å²) in [5.74, 6) is -0.867. The number of rotatable bonds is 4. The second-order valence-electron chi connectivity index (χ2n) is 5.28. The molecule has 134 valence electrons. The number of carbonyl (C=O) groups is 1. The molecule has 0 radical (unpaired) electrons. The number of carbonyl (C=O) groups excluding carboxylic acids is 1. The van der Waals surface area contributed by atoms with Crippen LogP contribution in [-0.2, 0) is 6.54 Å². The fourth-order valence-corrected chi connectivity index (χ4v) is 3.07. The number of amides is 1. The largest absolute Gasteiger partial charge is 0.304 e. The maximum absolute atomic E-state index is 13.9. The lowest BCUT2D eigenvalue weighted by Crippen LogP contribution is -2.14. The van der Waals surface area contributed by atoms with E-state index in [-0.39, 0.29) is 43.6 Å². The summed E-state index contributed by atoms with van der Waals surface area (Å²) >= 11 is 24.1. The van der Waals surface area contributed by atoms with E-state index in [1.807, 2.05) is 0 Å². The molecule has 0 bridgehead atoms. The van der Waals surface area contributed by atoms with Gasteiger partial charge < -0.3 is 5.32 Å². The van der Waals surface area contributed by atoms with Gasteiger partial charge in [-0.05, 0) is 24.3 Å². The van der Waals surface area contributed by atoms with E-state index in [2.05, 4.69) is 10.4 Å². The number of anilines is 1. The fourth-order valence-electron chi connectivity index (χ4n) is 2.26. The van der Waals surface area contributed by atoms with Gasteiger partial charge in [-0.25, -0.2) is 4.39 Å². The molecule has 26 heavy (non-hydrogen) atoms. The first-order valence-corrected chi connectivity index (χ1v) is 8.79. The Morgan fingerprint density at radius 3 is 2.46 bits per heavy atom. The molecule has 9 heteroatoms. The predicted octanol–water partition coefficient (Wildman–Crippen LogP) is 5.94. The van der Waals surface area contributed by atoms with Crippen molar-refractivity contribution in [3.8, 4) is 0 Å². The molecule has 0 atom stereocenters. The number of hydrogen-bond donors (Lipinski definition) is 1. The Morgan fingerprint density at radius 1 is 1.04 bits per heavy atom. The quantitative estimate of drug-likeness (QED) is 0.554. The maximum Gasteiger partial charge on any atom is 0.258 e. The molecule has 4 nitrogen and oxygen atoms in total. The van der Waals surface area contributed by atoms with E-state index in [9.17, 15) is 9.18 Å². The van der Waals surface area contributed by atoms with Gasteiger partial charge in [0.25, 0.3) is 5.91 Å². The molecule has 1 amide bonds. The standard InChI is InChI=1S/C17H10Cl4FN3O/c18-11-4-2-6-14(22)10(11)7-25-8-13(20)16(24-25)23-17(26)9-3-1-5-12(19)15(9)21/h1-6,8H,7H2,(H,23,24,26). The molecule has 0 spiro atoms. The van der Waals surface area contributed by atoms with Crippen LogP contribution >= 0.6 is 46.4 Å². The van der Waals surface area contributed by atoms with Crippen LogP contribution in [0.3, 0.4) is 0 Å². The highest BCUT2D eigenvalue weighted by Crippen LogP contribution is 2.28. The molecule has 1 heterocycles. The van der Waals surface area contributed by atoms with Crippen LogP contribution in [-0.4, -0.2) is 15.7 Å². The highest BCUT2D eigenvalue weighted by Gasteiger charge is 2.17. The summed E-state index contributed by atoms with van der Waals surface area (Å²) in [4.78, 5) is 12.4. The van der Waals surface area contributed by atoms with Gasteiger partial charge in [0, 0.05) is 16.8 Å². The Hall–Kier alpha value is -1.79. The third-order valence-corrected chi connectivity index (χ3v) is 4.98.